The van der Waals surface area contributed by atoms with Crippen molar-refractivity contribution in [1.82, 2.24) is 4.90 Å². The molecule has 33 heavy (non-hydrogen) atoms. The van der Waals surface area contributed by atoms with Crippen molar-refractivity contribution in [3.8, 4) is 11.5 Å². The lowest BCUT2D eigenvalue weighted by atomic mass is 10.1. The highest BCUT2D eigenvalue weighted by molar-refractivity contribution is 7.92. The lowest BCUT2D eigenvalue weighted by Crippen LogP contribution is -2.28. The number of benzene rings is 3. The van der Waals surface area contributed by atoms with Crippen LogP contribution in [-0.4, -0.2) is 47.5 Å². The number of anilines is 1. The first-order valence-corrected chi connectivity index (χ1v) is 11.7. The molecule has 7 nitrogen and oxygen atoms in total. The van der Waals surface area contributed by atoms with Gasteiger partial charge in [-0.15, -0.1) is 0 Å². The van der Waals surface area contributed by atoms with Crippen LogP contribution in [0.25, 0.3) is 0 Å². The van der Waals surface area contributed by atoms with Gasteiger partial charge in [0.25, 0.3) is 15.9 Å². The molecule has 0 saturated heterocycles. The summed E-state index contributed by atoms with van der Waals surface area (Å²) in [5.74, 6) is 0.952. The van der Waals surface area contributed by atoms with E-state index in [1.165, 1.54) is 28.4 Å². The number of hydrogen-bond acceptors (Lipinski definition) is 5. The van der Waals surface area contributed by atoms with Gasteiger partial charge >= 0.3 is 0 Å². The Kier molecular flexibility index (Phi) is 7.28. The maximum Gasteiger partial charge on any atom is 0.264 e. The number of carbonyl (C=O) groups excluding carboxylic acids is 1. The van der Waals surface area contributed by atoms with Crippen LogP contribution in [0.4, 0.5) is 5.69 Å². The second-order valence-electron chi connectivity index (χ2n) is 7.67. The Labute approximate surface area is 195 Å². The van der Waals surface area contributed by atoms with E-state index < -0.39 is 10.0 Å². The smallest absolute Gasteiger partial charge is 0.264 e. The lowest BCUT2D eigenvalue weighted by Gasteiger charge is -2.21. The van der Waals surface area contributed by atoms with Gasteiger partial charge in [0, 0.05) is 37.8 Å². The third-order valence-electron chi connectivity index (χ3n) is 5.39. The Morgan fingerprint density at radius 3 is 2.24 bits per heavy atom. The van der Waals surface area contributed by atoms with E-state index in [1.54, 1.807) is 57.7 Å². The minimum Gasteiger partial charge on any atom is -0.497 e. The Morgan fingerprint density at radius 1 is 0.909 bits per heavy atom. The first-order valence-electron chi connectivity index (χ1n) is 10.3. The predicted octanol–water partition coefficient (Wildman–Crippen LogP) is 4.11. The van der Waals surface area contributed by atoms with Crippen LogP contribution in [0.15, 0.2) is 71.6 Å². The number of ether oxygens (including phenoxy) is 2. The summed E-state index contributed by atoms with van der Waals surface area (Å²) < 4.78 is 38.2. The van der Waals surface area contributed by atoms with Crippen molar-refractivity contribution in [2.45, 2.75) is 18.4 Å². The summed E-state index contributed by atoms with van der Waals surface area (Å²) in [6.45, 7) is 2.22. The highest BCUT2D eigenvalue weighted by Crippen LogP contribution is 2.27. The van der Waals surface area contributed by atoms with Gasteiger partial charge in [-0.25, -0.2) is 8.42 Å². The van der Waals surface area contributed by atoms with E-state index in [0.29, 0.717) is 17.2 Å². The average Bonchev–Trinajstić information content (AvgIpc) is 2.83. The van der Waals surface area contributed by atoms with E-state index in [2.05, 4.69) is 0 Å². The van der Waals surface area contributed by atoms with E-state index >= 15 is 0 Å². The van der Waals surface area contributed by atoms with Gasteiger partial charge in [0.1, 0.15) is 11.5 Å². The van der Waals surface area contributed by atoms with Crippen molar-refractivity contribution in [3.05, 3.63) is 83.4 Å². The summed E-state index contributed by atoms with van der Waals surface area (Å²) in [5, 5.41) is 0. The molecule has 3 aromatic carbocycles. The van der Waals surface area contributed by atoms with E-state index in [1.807, 2.05) is 25.1 Å². The number of amides is 1. The second-order valence-corrected chi connectivity index (χ2v) is 9.64. The molecule has 0 fully saturated rings. The van der Waals surface area contributed by atoms with Crippen LogP contribution in [0, 0.1) is 6.92 Å². The zero-order valence-corrected chi connectivity index (χ0v) is 20.2. The van der Waals surface area contributed by atoms with Crippen LogP contribution in [0.1, 0.15) is 21.5 Å². The molecule has 0 heterocycles. The van der Waals surface area contributed by atoms with E-state index in [4.69, 9.17) is 9.47 Å². The van der Waals surface area contributed by atoms with Crippen LogP contribution in [0.2, 0.25) is 0 Å². The second kappa shape index (κ2) is 9.95. The molecule has 0 saturated carbocycles. The van der Waals surface area contributed by atoms with Crippen molar-refractivity contribution < 1.29 is 22.7 Å². The van der Waals surface area contributed by atoms with Crippen LogP contribution < -0.4 is 13.8 Å². The van der Waals surface area contributed by atoms with Crippen molar-refractivity contribution in [3.63, 3.8) is 0 Å². The van der Waals surface area contributed by atoms with Crippen LogP contribution in [0.5, 0.6) is 11.5 Å². The monoisotopic (exact) mass is 468 g/mol. The molecule has 0 radical (unpaired) electrons. The number of carbonyl (C=O) groups is 1. The minimum atomic E-state index is -3.84. The molecule has 0 aliphatic carbocycles. The number of sulfonamides is 1. The maximum atomic E-state index is 13.2. The fourth-order valence-corrected chi connectivity index (χ4v) is 4.61. The summed E-state index contributed by atoms with van der Waals surface area (Å²) in [4.78, 5) is 14.6. The van der Waals surface area contributed by atoms with Gasteiger partial charge in [-0.3, -0.25) is 9.10 Å². The SMILES string of the molecule is COc1ccc(CN(C)C(=O)c2cccc(S(=O)(=O)N(C)c3ccc(C)cc3)c2)c(OC)c1. The van der Waals surface area contributed by atoms with Gasteiger partial charge in [-0.05, 0) is 49.4 Å². The fourth-order valence-electron chi connectivity index (χ4n) is 3.37. The molecule has 0 spiro atoms. The van der Waals surface area contributed by atoms with Gasteiger partial charge < -0.3 is 14.4 Å². The highest BCUT2D eigenvalue weighted by atomic mass is 32.2. The summed E-state index contributed by atoms with van der Waals surface area (Å²) in [5.41, 5.74) is 2.66. The number of rotatable bonds is 8. The van der Waals surface area contributed by atoms with Gasteiger partial charge in [-0.2, -0.15) is 0 Å². The number of aryl methyl sites for hydroxylation is 1. The zero-order chi connectivity index (χ0) is 24.2. The first kappa shape index (κ1) is 24.1. The molecule has 0 aliphatic heterocycles. The summed E-state index contributed by atoms with van der Waals surface area (Å²) in [7, 11) is 2.45. The van der Waals surface area contributed by atoms with Crippen molar-refractivity contribution in [2.75, 3.05) is 32.6 Å². The summed E-state index contributed by atoms with van der Waals surface area (Å²) >= 11 is 0. The number of methoxy groups -OCH3 is 2. The molecular formula is C25H28N2O5S. The van der Waals surface area contributed by atoms with E-state index in [-0.39, 0.29) is 22.9 Å². The van der Waals surface area contributed by atoms with Crippen LogP contribution >= 0.6 is 0 Å². The largest absolute Gasteiger partial charge is 0.497 e. The highest BCUT2D eigenvalue weighted by Gasteiger charge is 2.23. The maximum absolute atomic E-state index is 13.2. The van der Waals surface area contributed by atoms with Crippen molar-refractivity contribution >= 4 is 21.6 Å². The Bertz CT molecular complexity index is 1240. The Hall–Kier alpha value is -3.52. The molecule has 0 N–H and O–H groups in total. The average molecular weight is 469 g/mol. The predicted molar refractivity (Wildman–Crippen MR) is 129 cm³/mol. The van der Waals surface area contributed by atoms with Crippen molar-refractivity contribution in [1.29, 1.82) is 0 Å². The van der Waals surface area contributed by atoms with E-state index in [0.717, 1.165) is 11.1 Å². The normalized spacial score (nSPS) is 11.1. The molecule has 0 aliphatic rings. The third-order valence-corrected chi connectivity index (χ3v) is 7.17. The molecule has 3 aromatic rings. The first-order chi connectivity index (χ1) is 15.7. The van der Waals surface area contributed by atoms with Crippen LogP contribution in [0.3, 0.4) is 0 Å². The van der Waals surface area contributed by atoms with E-state index in [9.17, 15) is 13.2 Å². The number of nitrogens with zero attached hydrogens (tertiary/aromatic N) is 2. The summed E-state index contributed by atoms with van der Waals surface area (Å²) in [6.07, 6.45) is 0. The Morgan fingerprint density at radius 2 is 1.61 bits per heavy atom. The molecule has 1 amide bonds. The van der Waals surface area contributed by atoms with Gasteiger partial charge in [-0.1, -0.05) is 23.8 Å². The molecule has 0 bridgehead atoms. The Balaban J connectivity index is 1.83. The molecule has 8 heteroatoms. The standard InChI is InChI=1S/C25H28N2O5S/c1-18-9-12-21(13-10-18)27(3)33(29,30)23-8-6-7-19(15-23)25(28)26(2)17-20-11-14-22(31-4)16-24(20)32-5/h6-16H,17H2,1-5H3. The number of hydrogen-bond donors (Lipinski definition) is 0. The topological polar surface area (TPSA) is 76.2 Å². The molecule has 0 unspecified atom stereocenters. The molecular weight excluding hydrogens is 440 g/mol. The minimum absolute atomic E-state index is 0.0480. The van der Waals surface area contributed by atoms with Gasteiger partial charge in [0.2, 0.25) is 0 Å². The molecule has 174 valence electrons. The van der Waals surface area contributed by atoms with Crippen molar-refractivity contribution in [2.24, 2.45) is 0 Å². The van der Waals surface area contributed by atoms with Crippen LogP contribution in [-0.2, 0) is 16.6 Å². The quantitative estimate of drug-likeness (QED) is 0.497. The molecule has 3 rings (SSSR count). The van der Waals surface area contributed by atoms with Gasteiger partial charge in [0.05, 0.1) is 24.8 Å². The van der Waals surface area contributed by atoms with Gasteiger partial charge in [0.15, 0.2) is 0 Å². The molecule has 0 aromatic heterocycles. The zero-order valence-electron chi connectivity index (χ0n) is 19.4. The lowest BCUT2D eigenvalue weighted by molar-refractivity contribution is 0.0784. The third kappa shape index (κ3) is 5.28. The molecule has 0 atom stereocenters. The summed E-state index contributed by atoms with van der Waals surface area (Å²) in [6, 6.07) is 18.7. The fraction of sp³-hybridized carbons (Fsp3) is 0.240.